The maximum Gasteiger partial charge on any atom is 0.229 e. The van der Waals surface area contributed by atoms with Crippen molar-refractivity contribution >= 4 is 28.8 Å². The molecule has 1 aromatic heterocycles. The molecular formula is C15H17FN6O2. The number of hydrogen-bond donors (Lipinski definition) is 3. The van der Waals surface area contributed by atoms with E-state index in [0.29, 0.717) is 30.4 Å². The van der Waals surface area contributed by atoms with Crippen LogP contribution in [0.3, 0.4) is 0 Å². The van der Waals surface area contributed by atoms with E-state index < -0.39 is 5.82 Å². The standard InChI is InChI=1S/C15H17FN6O2/c16-9-1-2-11(17)12(7-9)20-15-18-8-13(22-23)14(21-15)19-10-3-5-24-6-4-10/h1-2,7-8,10H,3-6,17H2,(H2,18,19,20,21). The lowest BCUT2D eigenvalue weighted by molar-refractivity contribution is 0.0904. The fourth-order valence-electron chi connectivity index (χ4n) is 2.40. The third kappa shape index (κ3) is 3.74. The number of nitrogens with zero attached hydrogens (tertiary/aromatic N) is 3. The van der Waals surface area contributed by atoms with Crippen LogP contribution in [0.15, 0.2) is 29.6 Å². The summed E-state index contributed by atoms with van der Waals surface area (Å²) in [5.74, 6) is 0.0806. The Bertz CT molecular complexity index is 736. The summed E-state index contributed by atoms with van der Waals surface area (Å²) in [5.41, 5.74) is 6.61. The summed E-state index contributed by atoms with van der Waals surface area (Å²) in [6.07, 6.45) is 2.92. The molecule has 24 heavy (non-hydrogen) atoms. The third-order valence-corrected chi connectivity index (χ3v) is 3.69. The molecule has 0 aliphatic carbocycles. The maximum atomic E-state index is 13.3. The van der Waals surface area contributed by atoms with Gasteiger partial charge < -0.3 is 21.1 Å². The fraction of sp³-hybridized carbons (Fsp3) is 0.333. The van der Waals surface area contributed by atoms with E-state index in [1.165, 1.54) is 24.4 Å². The Balaban J connectivity index is 1.82. The smallest absolute Gasteiger partial charge is 0.229 e. The lowest BCUT2D eigenvalue weighted by atomic mass is 10.1. The van der Waals surface area contributed by atoms with E-state index >= 15 is 0 Å². The zero-order chi connectivity index (χ0) is 16.9. The van der Waals surface area contributed by atoms with Crippen LogP contribution in [-0.2, 0) is 4.74 Å². The van der Waals surface area contributed by atoms with Crippen molar-refractivity contribution in [2.75, 3.05) is 29.6 Å². The number of aromatic nitrogens is 2. The van der Waals surface area contributed by atoms with Crippen LogP contribution >= 0.6 is 0 Å². The summed E-state index contributed by atoms with van der Waals surface area (Å²) < 4.78 is 18.6. The number of nitrogens with two attached hydrogens (primary N) is 1. The molecule has 0 unspecified atom stereocenters. The molecule has 4 N–H and O–H groups in total. The number of nitrogens with one attached hydrogen (secondary N) is 2. The van der Waals surface area contributed by atoms with Crippen LogP contribution in [0.4, 0.5) is 33.2 Å². The summed E-state index contributed by atoms with van der Waals surface area (Å²) in [5, 5.41) is 8.96. The first kappa shape index (κ1) is 16.1. The highest BCUT2D eigenvalue weighted by molar-refractivity contribution is 5.71. The zero-order valence-corrected chi connectivity index (χ0v) is 12.8. The Morgan fingerprint density at radius 2 is 2.12 bits per heavy atom. The van der Waals surface area contributed by atoms with Crippen molar-refractivity contribution in [2.24, 2.45) is 5.18 Å². The average molecular weight is 332 g/mol. The second-order valence-electron chi connectivity index (χ2n) is 5.41. The monoisotopic (exact) mass is 332 g/mol. The Labute approximate surface area is 137 Å². The van der Waals surface area contributed by atoms with Gasteiger partial charge in [-0.15, -0.1) is 4.91 Å². The Morgan fingerprint density at radius 1 is 1.33 bits per heavy atom. The minimum absolute atomic E-state index is 0.110. The van der Waals surface area contributed by atoms with E-state index in [1.54, 1.807) is 0 Å². The first-order valence-electron chi connectivity index (χ1n) is 7.52. The number of nitroso groups, excluding NO2 is 1. The molecule has 3 rings (SSSR count). The van der Waals surface area contributed by atoms with Crippen molar-refractivity contribution in [3.8, 4) is 0 Å². The minimum Gasteiger partial charge on any atom is -0.397 e. The molecule has 1 aliphatic rings. The number of ether oxygens (including phenoxy) is 1. The van der Waals surface area contributed by atoms with Crippen LogP contribution in [0.2, 0.25) is 0 Å². The normalized spacial score (nSPS) is 15.0. The van der Waals surface area contributed by atoms with E-state index in [2.05, 4.69) is 25.8 Å². The van der Waals surface area contributed by atoms with E-state index in [9.17, 15) is 9.30 Å². The van der Waals surface area contributed by atoms with Crippen LogP contribution in [0.5, 0.6) is 0 Å². The van der Waals surface area contributed by atoms with Crippen LogP contribution in [-0.4, -0.2) is 29.2 Å². The summed E-state index contributed by atoms with van der Waals surface area (Å²) in [4.78, 5) is 19.2. The van der Waals surface area contributed by atoms with Crippen molar-refractivity contribution in [3.63, 3.8) is 0 Å². The summed E-state index contributed by atoms with van der Waals surface area (Å²) in [7, 11) is 0. The molecule has 0 spiro atoms. The molecule has 2 aromatic rings. The van der Waals surface area contributed by atoms with Crippen molar-refractivity contribution in [1.82, 2.24) is 9.97 Å². The first-order chi connectivity index (χ1) is 11.7. The van der Waals surface area contributed by atoms with Crippen LogP contribution < -0.4 is 16.4 Å². The molecule has 0 radical (unpaired) electrons. The lowest BCUT2D eigenvalue weighted by Crippen LogP contribution is -2.28. The summed E-state index contributed by atoms with van der Waals surface area (Å²) in [6.45, 7) is 1.30. The van der Waals surface area contributed by atoms with Crippen LogP contribution in [0.1, 0.15) is 12.8 Å². The van der Waals surface area contributed by atoms with E-state index in [1.807, 2.05) is 0 Å². The molecule has 1 fully saturated rings. The predicted octanol–water partition coefficient (Wildman–Crippen LogP) is 2.93. The first-order valence-corrected chi connectivity index (χ1v) is 7.52. The molecule has 1 aliphatic heterocycles. The van der Waals surface area contributed by atoms with E-state index in [0.717, 1.165) is 12.8 Å². The second-order valence-corrected chi connectivity index (χ2v) is 5.41. The van der Waals surface area contributed by atoms with Gasteiger partial charge in [0.1, 0.15) is 5.82 Å². The van der Waals surface area contributed by atoms with Crippen molar-refractivity contribution in [3.05, 3.63) is 35.1 Å². The molecule has 0 amide bonds. The van der Waals surface area contributed by atoms with Crippen LogP contribution in [0.25, 0.3) is 0 Å². The lowest BCUT2D eigenvalue weighted by Gasteiger charge is -2.24. The Morgan fingerprint density at radius 3 is 2.88 bits per heavy atom. The van der Waals surface area contributed by atoms with Gasteiger partial charge in [0.2, 0.25) is 5.95 Å². The summed E-state index contributed by atoms with van der Waals surface area (Å²) >= 11 is 0. The molecule has 0 bridgehead atoms. The third-order valence-electron chi connectivity index (χ3n) is 3.69. The highest BCUT2D eigenvalue weighted by Crippen LogP contribution is 2.27. The number of halogens is 1. The molecule has 0 atom stereocenters. The van der Waals surface area contributed by atoms with Gasteiger partial charge in [0.15, 0.2) is 11.5 Å². The Kier molecular flexibility index (Phi) is 4.80. The van der Waals surface area contributed by atoms with Gasteiger partial charge in [-0.2, -0.15) is 4.98 Å². The summed E-state index contributed by atoms with van der Waals surface area (Å²) in [6, 6.07) is 4.09. The quantitative estimate of drug-likeness (QED) is 0.569. The molecule has 8 nitrogen and oxygen atoms in total. The van der Waals surface area contributed by atoms with Gasteiger partial charge in [0.25, 0.3) is 0 Å². The minimum atomic E-state index is -0.432. The molecule has 1 saturated heterocycles. The van der Waals surface area contributed by atoms with Gasteiger partial charge >= 0.3 is 0 Å². The van der Waals surface area contributed by atoms with Crippen LogP contribution in [0, 0.1) is 10.7 Å². The molecule has 9 heteroatoms. The number of benzene rings is 1. The highest BCUT2D eigenvalue weighted by Gasteiger charge is 2.17. The van der Waals surface area contributed by atoms with Crippen molar-refractivity contribution in [1.29, 1.82) is 0 Å². The van der Waals surface area contributed by atoms with E-state index in [-0.39, 0.29) is 17.7 Å². The SMILES string of the molecule is Nc1ccc(F)cc1Nc1ncc(N=O)c(NC2CCOCC2)n1. The van der Waals surface area contributed by atoms with Gasteiger partial charge in [-0.25, -0.2) is 9.37 Å². The van der Waals surface area contributed by atoms with E-state index in [4.69, 9.17) is 10.5 Å². The predicted molar refractivity (Wildman–Crippen MR) is 89.0 cm³/mol. The van der Waals surface area contributed by atoms with Gasteiger partial charge in [0.05, 0.1) is 17.6 Å². The molecule has 126 valence electrons. The Hall–Kier alpha value is -2.81. The van der Waals surface area contributed by atoms with Gasteiger partial charge in [-0.3, -0.25) is 0 Å². The molecular weight excluding hydrogens is 315 g/mol. The van der Waals surface area contributed by atoms with Crippen molar-refractivity contribution < 1.29 is 9.13 Å². The molecule has 1 aromatic carbocycles. The zero-order valence-electron chi connectivity index (χ0n) is 12.8. The van der Waals surface area contributed by atoms with Gasteiger partial charge in [-0.05, 0) is 36.2 Å². The van der Waals surface area contributed by atoms with Gasteiger partial charge in [-0.1, -0.05) is 0 Å². The largest absolute Gasteiger partial charge is 0.397 e. The number of rotatable bonds is 5. The highest BCUT2D eigenvalue weighted by atomic mass is 19.1. The average Bonchev–Trinajstić information content (AvgIpc) is 2.59. The molecule has 2 heterocycles. The van der Waals surface area contributed by atoms with Crippen molar-refractivity contribution in [2.45, 2.75) is 18.9 Å². The number of hydrogen-bond acceptors (Lipinski definition) is 8. The topological polar surface area (TPSA) is 115 Å². The second kappa shape index (κ2) is 7.18. The number of anilines is 4. The fourth-order valence-corrected chi connectivity index (χ4v) is 2.40. The maximum absolute atomic E-state index is 13.3. The number of nitrogen functional groups attached to an aromatic ring is 1. The molecule has 0 saturated carbocycles. The van der Waals surface area contributed by atoms with Gasteiger partial charge in [0, 0.05) is 19.3 Å².